The SMILES string of the molecule is O=C(CN1CC(CO)=CC[C@H](NC(=O)c2ccc3ccccc3c2)C1=O)N[C@H]1CC(=O)OC1O. The van der Waals surface area contributed by atoms with Crippen molar-refractivity contribution in [2.75, 3.05) is 19.7 Å². The highest BCUT2D eigenvalue weighted by Crippen LogP contribution is 2.18. The van der Waals surface area contributed by atoms with Crippen LogP contribution in [0.5, 0.6) is 0 Å². The van der Waals surface area contributed by atoms with Crippen LogP contribution in [0, 0.1) is 0 Å². The Hall–Kier alpha value is -3.76. The van der Waals surface area contributed by atoms with Crippen LogP contribution in [0.3, 0.4) is 0 Å². The highest BCUT2D eigenvalue weighted by Gasteiger charge is 2.36. The lowest BCUT2D eigenvalue weighted by atomic mass is 10.1. The summed E-state index contributed by atoms with van der Waals surface area (Å²) in [7, 11) is 0. The van der Waals surface area contributed by atoms with E-state index in [1.165, 1.54) is 4.90 Å². The minimum absolute atomic E-state index is 0.00769. The number of carbonyl (C=O) groups is 4. The Morgan fingerprint density at radius 3 is 2.56 bits per heavy atom. The summed E-state index contributed by atoms with van der Waals surface area (Å²) in [6, 6.07) is 11.0. The third-order valence-electron chi connectivity index (χ3n) is 5.83. The quantitative estimate of drug-likeness (QED) is 0.341. The van der Waals surface area contributed by atoms with E-state index in [9.17, 15) is 29.4 Å². The number of hydrogen-bond acceptors (Lipinski definition) is 7. The van der Waals surface area contributed by atoms with Crippen LogP contribution in [0.1, 0.15) is 23.2 Å². The fourth-order valence-corrected chi connectivity index (χ4v) is 4.03. The van der Waals surface area contributed by atoms with Gasteiger partial charge in [0.15, 0.2) is 0 Å². The van der Waals surface area contributed by atoms with Crippen LogP contribution in [-0.4, -0.2) is 76.9 Å². The van der Waals surface area contributed by atoms with Gasteiger partial charge in [-0.25, -0.2) is 0 Å². The molecule has 4 N–H and O–H groups in total. The molecule has 3 atom stereocenters. The topological polar surface area (TPSA) is 145 Å². The lowest BCUT2D eigenvalue weighted by Gasteiger charge is -2.26. The predicted octanol–water partition coefficient (Wildman–Crippen LogP) is -0.161. The van der Waals surface area contributed by atoms with E-state index < -0.39 is 42.1 Å². The number of nitrogens with zero attached hydrogens (tertiary/aromatic N) is 1. The van der Waals surface area contributed by atoms with Crippen molar-refractivity contribution in [3.05, 3.63) is 59.7 Å². The van der Waals surface area contributed by atoms with Gasteiger partial charge in [0.25, 0.3) is 5.91 Å². The van der Waals surface area contributed by atoms with Crippen molar-refractivity contribution in [3.8, 4) is 0 Å². The summed E-state index contributed by atoms with van der Waals surface area (Å²) in [5.74, 6) is -2.15. The van der Waals surface area contributed by atoms with Crippen molar-refractivity contribution in [1.29, 1.82) is 0 Å². The van der Waals surface area contributed by atoms with Gasteiger partial charge in [0.2, 0.25) is 18.1 Å². The highest BCUT2D eigenvalue weighted by atomic mass is 16.6. The van der Waals surface area contributed by atoms with Crippen molar-refractivity contribution >= 4 is 34.5 Å². The van der Waals surface area contributed by atoms with Crippen molar-refractivity contribution in [3.63, 3.8) is 0 Å². The molecule has 2 aromatic carbocycles. The van der Waals surface area contributed by atoms with E-state index in [1.807, 2.05) is 30.3 Å². The number of rotatable bonds is 6. The Morgan fingerprint density at radius 2 is 1.85 bits per heavy atom. The lowest BCUT2D eigenvalue weighted by molar-refractivity contribution is -0.155. The fourth-order valence-electron chi connectivity index (χ4n) is 4.03. The summed E-state index contributed by atoms with van der Waals surface area (Å²) >= 11 is 0. The molecule has 2 aromatic rings. The van der Waals surface area contributed by atoms with Crippen LogP contribution < -0.4 is 10.6 Å². The summed E-state index contributed by atoms with van der Waals surface area (Å²) < 4.78 is 4.60. The molecule has 0 radical (unpaired) electrons. The second-order valence-corrected chi connectivity index (χ2v) is 8.30. The van der Waals surface area contributed by atoms with Crippen molar-refractivity contribution in [2.24, 2.45) is 0 Å². The predicted molar refractivity (Wildman–Crippen MR) is 120 cm³/mol. The average Bonchev–Trinajstić information content (AvgIpc) is 3.06. The van der Waals surface area contributed by atoms with Gasteiger partial charge in [-0.2, -0.15) is 0 Å². The molecular formula is C24H25N3O7. The van der Waals surface area contributed by atoms with Gasteiger partial charge < -0.3 is 30.5 Å². The number of fused-ring (bicyclic) bond motifs is 1. The summed E-state index contributed by atoms with van der Waals surface area (Å²) in [5.41, 5.74) is 0.925. The largest absolute Gasteiger partial charge is 0.434 e. The molecule has 2 aliphatic rings. The zero-order chi connectivity index (χ0) is 24.2. The highest BCUT2D eigenvalue weighted by molar-refractivity contribution is 6.01. The van der Waals surface area contributed by atoms with Crippen LogP contribution in [-0.2, 0) is 19.1 Å². The van der Waals surface area contributed by atoms with E-state index in [2.05, 4.69) is 15.4 Å². The van der Waals surface area contributed by atoms with Gasteiger partial charge in [0, 0.05) is 12.1 Å². The Kier molecular flexibility index (Phi) is 6.90. The van der Waals surface area contributed by atoms with Crippen molar-refractivity contribution in [1.82, 2.24) is 15.5 Å². The van der Waals surface area contributed by atoms with Gasteiger partial charge in [-0.1, -0.05) is 36.4 Å². The molecule has 0 aliphatic carbocycles. The molecule has 0 saturated carbocycles. The van der Waals surface area contributed by atoms with Gasteiger partial charge in [0.05, 0.1) is 19.6 Å². The van der Waals surface area contributed by atoms with E-state index in [4.69, 9.17) is 0 Å². The second-order valence-electron chi connectivity index (χ2n) is 8.30. The molecule has 10 nitrogen and oxygen atoms in total. The Bertz CT molecular complexity index is 1160. The summed E-state index contributed by atoms with van der Waals surface area (Å²) in [4.78, 5) is 51.0. The molecule has 34 heavy (non-hydrogen) atoms. The smallest absolute Gasteiger partial charge is 0.310 e. The molecule has 2 aliphatic heterocycles. The third-order valence-corrected chi connectivity index (χ3v) is 5.83. The number of cyclic esters (lactones) is 1. The molecule has 1 unspecified atom stereocenters. The first-order chi connectivity index (χ1) is 16.3. The van der Waals surface area contributed by atoms with E-state index in [-0.39, 0.29) is 32.5 Å². The maximum Gasteiger partial charge on any atom is 0.310 e. The van der Waals surface area contributed by atoms with Crippen LogP contribution in [0.4, 0.5) is 0 Å². The van der Waals surface area contributed by atoms with Gasteiger partial charge >= 0.3 is 5.97 Å². The number of esters is 1. The molecule has 0 aromatic heterocycles. The number of amides is 3. The molecule has 0 bridgehead atoms. The molecule has 10 heteroatoms. The monoisotopic (exact) mass is 467 g/mol. The van der Waals surface area contributed by atoms with Crippen LogP contribution in [0.2, 0.25) is 0 Å². The minimum Gasteiger partial charge on any atom is -0.434 e. The number of aliphatic hydroxyl groups excluding tert-OH is 2. The van der Waals surface area contributed by atoms with Gasteiger partial charge in [-0.05, 0) is 34.9 Å². The molecule has 4 rings (SSSR count). The molecular weight excluding hydrogens is 442 g/mol. The first-order valence-corrected chi connectivity index (χ1v) is 10.9. The normalized spacial score (nSPS) is 22.7. The average molecular weight is 467 g/mol. The summed E-state index contributed by atoms with van der Waals surface area (Å²) in [6.45, 7) is -0.676. The van der Waals surface area contributed by atoms with Gasteiger partial charge in [0.1, 0.15) is 12.1 Å². The maximum absolute atomic E-state index is 13.2. The van der Waals surface area contributed by atoms with Crippen LogP contribution >= 0.6 is 0 Å². The van der Waals surface area contributed by atoms with E-state index in [1.54, 1.807) is 18.2 Å². The Balaban J connectivity index is 1.45. The number of ether oxygens (including phenoxy) is 1. The number of benzene rings is 2. The molecule has 1 saturated heterocycles. The summed E-state index contributed by atoms with van der Waals surface area (Å²) in [5, 5.41) is 26.4. The Labute approximate surface area is 195 Å². The molecule has 0 spiro atoms. The Morgan fingerprint density at radius 1 is 1.09 bits per heavy atom. The van der Waals surface area contributed by atoms with Crippen LogP contribution in [0.25, 0.3) is 10.8 Å². The van der Waals surface area contributed by atoms with E-state index in [0.717, 1.165) is 10.8 Å². The van der Waals surface area contributed by atoms with E-state index in [0.29, 0.717) is 11.1 Å². The maximum atomic E-state index is 13.2. The lowest BCUT2D eigenvalue weighted by Crippen LogP contribution is -2.52. The third kappa shape index (κ3) is 5.24. The standard InChI is InChI=1S/C24H25N3O7/c28-13-14-5-8-18(26-22(31)17-7-6-15-3-1-2-4-16(15)9-17)23(32)27(11-14)12-20(29)25-19-10-21(30)34-24(19)33/h1-7,9,18-19,24,28,33H,8,10-13H2,(H,25,29)(H,26,31)/t18-,19-,24?/m0/s1. The summed E-state index contributed by atoms with van der Waals surface area (Å²) in [6.07, 6.45) is 0.218. The number of nitrogens with one attached hydrogen (secondary N) is 2. The van der Waals surface area contributed by atoms with Gasteiger partial charge in [-0.3, -0.25) is 19.2 Å². The first-order valence-electron chi connectivity index (χ1n) is 10.9. The molecule has 178 valence electrons. The van der Waals surface area contributed by atoms with Crippen molar-refractivity contribution < 1.29 is 34.1 Å². The fraction of sp³-hybridized carbons (Fsp3) is 0.333. The molecule has 3 amide bonds. The zero-order valence-corrected chi connectivity index (χ0v) is 18.3. The van der Waals surface area contributed by atoms with Crippen LogP contribution in [0.15, 0.2) is 54.1 Å². The van der Waals surface area contributed by atoms with Gasteiger partial charge in [-0.15, -0.1) is 0 Å². The second kappa shape index (κ2) is 10.0. The van der Waals surface area contributed by atoms with E-state index >= 15 is 0 Å². The first kappa shape index (κ1) is 23.4. The zero-order valence-electron chi connectivity index (χ0n) is 18.3. The minimum atomic E-state index is -1.45. The molecule has 1 fully saturated rings. The number of carbonyl (C=O) groups excluding carboxylic acids is 4. The molecule has 2 heterocycles. The van der Waals surface area contributed by atoms with Crippen molar-refractivity contribution in [2.45, 2.75) is 31.2 Å². The number of aliphatic hydroxyl groups is 2. The number of hydrogen-bond donors (Lipinski definition) is 4.